The zero-order valence-corrected chi connectivity index (χ0v) is 12.0. The van der Waals surface area contributed by atoms with E-state index in [0.29, 0.717) is 6.04 Å². The van der Waals surface area contributed by atoms with Gasteiger partial charge in [-0.1, -0.05) is 0 Å². The van der Waals surface area contributed by atoms with Crippen LogP contribution in [0.5, 0.6) is 0 Å². The number of thiophene rings is 1. The van der Waals surface area contributed by atoms with Crippen molar-refractivity contribution in [2.75, 3.05) is 7.05 Å². The molecule has 1 aromatic carbocycles. The summed E-state index contributed by atoms with van der Waals surface area (Å²) in [7, 11) is 1.97. The zero-order valence-electron chi connectivity index (χ0n) is 11.1. The average Bonchev–Trinajstić information content (AvgIpc) is 3.05. The third-order valence-corrected chi connectivity index (χ3v) is 4.30. The van der Waals surface area contributed by atoms with E-state index < -0.39 is 0 Å². The fourth-order valence-corrected chi connectivity index (χ4v) is 2.94. The molecule has 3 rings (SSSR count). The topological polar surface area (TPSA) is 25.2 Å². The molecule has 2 aromatic heterocycles. The maximum absolute atomic E-state index is 5.93. The molecule has 0 aliphatic heterocycles. The van der Waals surface area contributed by atoms with Crippen LogP contribution in [0.3, 0.4) is 0 Å². The van der Waals surface area contributed by atoms with E-state index in [1.165, 1.54) is 10.1 Å². The first-order valence-electron chi connectivity index (χ1n) is 6.50. The maximum atomic E-state index is 5.93. The van der Waals surface area contributed by atoms with Gasteiger partial charge in [0.15, 0.2) is 0 Å². The summed E-state index contributed by atoms with van der Waals surface area (Å²) >= 11 is 1.77. The third-order valence-electron chi connectivity index (χ3n) is 3.40. The van der Waals surface area contributed by atoms with E-state index in [4.69, 9.17) is 4.42 Å². The first-order chi connectivity index (χ1) is 9.26. The fourth-order valence-electron chi connectivity index (χ4n) is 2.17. The second kappa shape index (κ2) is 5.19. The summed E-state index contributed by atoms with van der Waals surface area (Å²) in [5.74, 6) is 1.98. The second-order valence-electron chi connectivity index (χ2n) is 4.83. The van der Waals surface area contributed by atoms with Crippen molar-refractivity contribution in [3.63, 3.8) is 0 Å². The summed E-state index contributed by atoms with van der Waals surface area (Å²) in [6, 6.07) is 13.2. The number of benzene rings is 1. The minimum Gasteiger partial charge on any atom is -0.461 e. The van der Waals surface area contributed by atoms with Crippen LogP contribution in [0.4, 0.5) is 0 Å². The lowest BCUT2D eigenvalue weighted by atomic mass is 10.1. The van der Waals surface area contributed by atoms with Crippen LogP contribution >= 0.6 is 11.3 Å². The highest BCUT2D eigenvalue weighted by molar-refractivity contribution is 7.17. The Bertz CT molecular complexity index is 683. The maximum Gasteiger partial charge on any atom is 0.134 e. The number of likely N-dealkylation sites (N-methyl/N-ethyl adjacent to an activating group) is 1. The Morgan fingerprint density at radius 3 is 2.95 bits per heavy atom. The Morgan fingerprint density at radius 1 is 1.21 bits per heavy atom. The molecule has 0 spiro atoms. The van der Waals surface area contributed by atoms with Crippen LogP contribution in [0, 0.1) is 0 Å². The van der Waals surface area contributed by atoms with Crippen LogP contribution in [0.15, 0.2) is 46.2 Å². The van der Waals surface area contributed by atoms with Gasteiger partial charge in [-0.05, 0) is 61.1 Å². The number of furan rings is 1. The second-order valence-corrected chi connectivity index (χ2v) is 5.78. The Balaban J connectivity index is 1.89. The summed E-state index contributed by atoms with van der Waals surface area (Å²) in [6.45, 7) is 2.15. The van der Waals surface area contributed by atoms with E-state index in [1.807, 2.05) is 7.05 Å². The first-order valence-corrected chi connectivity index (χ1v) is 7.38. The van der Waals surface area contributed by atoms with Crippen molar-refractivity contribution in [2.45, 2.75) is 19.4 Å². The van der Waals surface area contributed by atoms with Gasteiger partial charge >= 0.3 is 0 Å². The monoisotopic (exact) mass is 271 g/mol. The van der Waals surface area contributed by atoms with E-state index in [-0.39, 0.29) is 0 Å². The fraction of sp³-hybridized carbons (Fsp3) is 0.250. The molecule has 1 N–H and O–H groups in total. The Labute approximate surface area is 117 Å². The van der Waals surface area contributed by atoms with Gasteiger partial charge in [0.1, 0.15) is 11.5 Å². The summed E-state index contributed by atoms with van der Waals surface area (Å²) in [4.78, 5) is 0. The standard InChI is InChI=1S/C16H17NOS/c1-11(17-2)9-14-4-5-15(18-14)12-3-6-16-13(10-12)7-8-19-16/h3-8,10-11,17H,9H2,1-2H3. The predicted molar refractivity (Wildman–Crippen MR) is 81.8 cm³/mol. The van der Waals surface area contributed by atoms with E-state index in [0.717, 1.165) is 23.5 Å². The highest BCUT2D eigenvalue weighted by Crippen LogP contribution is 2.28. The normalized spacial score (nSPS) is 12.9. The van der Waals surface area contributed by atoms with Gasteiger partial charge in [-0.3, -0.25) is 0 Å². The van der Waals surface area contributed by atoms with Crippen molar-refractivity contribution in [3.05, 3.63) is 47.5 Å². The van der Waals surface area contributed by atoms with Crippen LogP contribution in [-0.2, 0) is 6.42 Å². The van der Waals surface area contributed by atoms with E-state index in [9.17, 15) is 0 Å². The minimum atomic E-state index is 0.429. The summed E-state index contributed by atoms with van der Waals surface area (Å²) in [5, 5.41) is 6.63. The van der Waals surface area contributed by atoms with E-state index in [2.05, 4.69) is 54.0 Å². The van der Waals surface area contributed by atoms with Crippen LogP contribution in [-0.4, -0.2) is 13.1 Å². The quantitative estimate of drug-likeness (QED) is 0.765. The third kappa shape index (κ3) is 2.57. The highest BCUT2D eigenvalue weighted by atomic mass is 32.1. The molecule has 3 heteroatoms. The minimum absolute atomic E-state index is 0.429. The van der Waals surface area contributed by atoms with Gasteiger partial charge in [0.2, 0.25) is 0 Å². The van der Waals surface area contributed by atoms with Gasteiger partial charge in [0, 0.05) is 22.7 Å². The Kier molecular flexibility index (Phi) is 3.40. The molecule has 0 saturated heterocycles. The number of hydrogen-bond donors (Lipinski definition) is 1. The summed E-state index contributed by atoms with van der Waals surface area (Å²) in [6.07, 6.45) is 0.914. The van der Waals surface area contributed by atoms with Crippen molar-refractivity contribution in [1.29, 1.82) is 0 Å². The van der Waals surface area contributed by atoms with Gasteiger partial charge < -0.3 is 9.73 Å². The van der Waals surface area contributed by atoms with Gasteiger partial charge in [-0.2, -0.15) is 0 Å². The molecule has 0 amide bonds. The lowest BCUT2D eigenvalue weighted by Gasteiger charge is -2.06. The van der Waals surface area contributed by atoms with Crippen LogP contribution in [0.2, 0.25) is 0 Å². The molecule has 2 nitrogen and oxygen atoms in total. The van der Waals surface area contributed by atoms with Crippen molar-refractivity contribution >= 4 is 21.4 Å². The largest absolute Gasteiger partial charge is 0.461 e. The number of hydrogen-bond acceptors (Lipinski definition) is 3. The molecule has 1 unspecified atom stereocenters. The highest BCUT2D eigenvalue weighted by Gasteiger charge is 2.08. The van der Waals surface area contributed by atoms with Crippen molar-refractivity contribution in [1.82, 2.24) is 5.32 Å². The number of rotatable bonds is 4. The predicted octanol–water partition coefficient (Wildman–Crippen LogP) is 4.31. The van der Waals surface area contributed by atoms with Crippen LogP contribution in [0.1, 0.15) is 12.7 Å². The smallest absolute Gasteiger partial charge is 0.134 e. The van der Waals surface area contributed by atoms with Gasteiger partial charge in [-0.25, -0.2) is 0 Å². The molecule has 2 heterocycles. The molecule has 3 aromatic rings. The molecule has 0 saturated carbocycles. The Hall–Kier alpha value is -1.58. The van der Waals surface area contributed by atoms with Crippen LogP contribution in [0.25, 0.3) is 21.4 Å². The zero-order chi connectivity index (χ0) is 13.2. The molecule has 0 aliphatic carbocycles. The van der Waals surface area contributed by atoms with Gasteiger partial charge in [-0.15, -0.1) is 11.3 Å². The molecular weight excluding hydrogens is 254 g/mol. The van der Waals surface area contributed by atoms with E-state index in [1.54, 1.807) is 11.3 Å². The molecule has 19 heavy (non-hydrogen) atoms. The molecule has 0 radical (unpaired) electrons. The van der Waals surface area contributed by atoms with Crippen molar-refractivity contribution < 1.29 is 4.42 Å². The van der Waals surface area contributed by atoms with Gasteiger partial charge in [0.25, 0.3) is 0 Å². The lowest BCUT2D eigenvalue weighted by Crippen LogP contribution is -2.23. The van der Waals surface area contributed by atoms with Gasteiger partial charge in [0.05, 0.1) is 0 Å². The molecule has 0 bridgehead atoms. The lowest BCUT2D eigenvalue weighted by molar-refractivity contribution is 0.481. The van der Waals surface area contributed by atoms with Crippen molar-refractivity contribution in [2.24, 2.45) is 0 Å². The number of fused-ring (bicyclic) bond motifs is 1. The Morgan fingerprint density at radius 2 is 2.11 bits per heavy atom. The SMILES string of the molecule is CNC(C)Cc1ccc(-c2ccc3sccc3c2)o1. The summed E-state index contributed by atoms with van der Waals surface area (Å²) in [5.41, 5.74) is 1.15. The van der Waals surface area contributed by atoms with Crippen LogP contribution < -0.4 is 5.32 Å². The van der Waals surface area contributed by atoms with E-state index >= 15 is 0 Å². The first kappa shape index (κ1) is 12.5. The molecule has 98 valence electrons. The van der Waals surface area contributed by atoms with Crippen molar-refractivity contribution in [3.8, 4) is 11.3 Å². The molecule has 0 aliphatic rings. The average molecular weight is 271 g/mol. The molecule has 0 fully saturated rings. The summed E-state index contributed by atoms with van der Waals surface area (Å²) < 4.78 is 7.25. The molecular formula is C16H17NOS. The molecule has 1 atom stereocenters. The number of nitrogens with one attached hydrogen (secondary N) is 1.